The number of rotatable bonds is 7. The van der Waals surface area contributed by atoms with Crippen LogP contribution in [0.2, 0.25) is 0 Å². The lowest BCUT2D eigenvalue weighted by atomic mass is 10.1. The van der Waals surface area contributed by atoms with E-state index in [0.29, 0.717) is 19.6 Å². The number of hydrogen-bond acceptors (Lipinski definition) is 3. The second kappa shape index (κ2) is 8.12. The normalized spacial score (nSPS) is 10.7. The minimum absolute atomic E-state index is 0.102. The highest BCUT2D eigenvalue weighted by atomic mass is 16.5. The molecule has 0 aromatic heterocycles. The van der Waals surface area contributed by atoms with Crippen LogP contribution >= 0.6 is 0 Å². The summed E-state index contributed by atoms with van der Waals surface area (Å²) >= 11 is 0. The van der Waals surface area contributed by atoms with Crippen LogP contribution in [0.15, 0.2) is 24.3 Å². The number of carboxylic acid groups (broad SMARTS) is 1. The third-order valence-corrected chi connectivity index (χ3v) is 2.62. The van der Waals surface area contributed by atoms with Gasteiger partial charge in [-0.25, -0.2) is 4.79 Å². The molecule has 1 aromatic carbocycles. The third kappa shape index (κ3) is 5.67. The first-order valence-corrected chi connectivity index (χ1v) is 6.42. The van der Waals surface area contributed by atoms with E-state index in [1.54, 1.807) is 12.1 Å². The van der Waals surface area contributed by atoms with Crippen molar-refractivity contribution in [3.05, 3.63) is 35.4 Å². The fourth-order valence-corrected chi connectivity index (χ4v) is 1.62. The van der Waals surface area contributed by atoms with Crippen molar-refractivity contribution >= 4 is 23.6 Å². The molecule has 0 heterocycles. The zero-order valence-corrected chi connectivity index (χ0v) is 11.7. The largest absolute Gasteiger partial charge is 0.478 e. The maximum Gasteiger partial charge on any atom is 0.328 e. The second-order valence-corrected chi connectivity index (χ2v) is 4.24. The molecule has 0 aliphatic heterocycles. The highest BCUT2D eigenvalue weighted by Gasteiger charge is 2.05. The van der Waals surface area contributed by atoms with Crippen molar-refractivity contribution in [2.24, 2.45) is 0 Å². The van der Waals surface area contributed by atoms with Crippen LogP contribution in [-0.4, -0.2) is 30.2 Å². The van der Waals surface area contributed by atoms with E-state index in [-0.39, 0.29) is 5.91 Å². The summed E-state index contributed by atoms with van der Waals surface area (Å²) < 4.78 is 5.12. The Labute approximate surface area is 118 Å². The fourth-order valence-electron chi connectivity index (χ4n) is 1.62. The van der Waals surface area contributed by atoms with Gasteiger partial charge in [-0.05, 0) is 43.2 Å². The molecular formula is C15H19NO4. The van der Waals surface area contributed by atoms with Crippen molar-refractivity contribution in [2.45, 2.75) is 20.3 Å². The standard InChI is InChI=1S/C15H19NO4/c1-3-20-9-8-14(17)16-13-6-4-12(10-11(13)2)5-7-15(18)19/h4-7,10H,3,8-9H2,1-2H3,(H,16,17)(H,18,19). The first-order chi connectivity index (χ1) is 9.52. The van der Waals surface area contributed by atoms with Gasteiger partial charge in [0.1, 0.15) is 0 Å². The van der Waals surface area contributed by atoms with Crippen LogP contribution in [-0.2, 0) is 14.3 Å². The molecular weight excluding hydrogens is 258 g/mol. The molecule has 0 radical (unpaired) electrons. The van der Waals surface area contributed by atoms with Crippen molar-refractivity contribution in [2.75, 3.05) is 18.5 Å². The van der Waals surface area contributed by atoms with Gasteiger partial charge in [-0.3, -0.25) is 4.79 Å². The Morgan fingerprint density at radius 2 is 2.15 bits per heavy atom. The molecule has 20 heavy (non-hydrogen) atoms. The zero-order valence-electron chi connectivity index (χ0n) is 11.7. The van der Waals surface area contributed by atoms with E-state index < -0.39 is 5.97 Å². The lowest BCUT2D eigenvalue weighted by Crippen LogP contribution is -2.14. The molecule has 1 amide bonds. The molecule has 0 saturated heterocycles. The van der Waals surface area contributed by atoms with Gasteiger partial charge in [0.15, 0.2) is 0 Å². The van der Waals surface area contributed by atoms with Crippen LogP contribution in [0.3, 0.4) is 0 Å². The number of hydrogen-bond donors (Lipinski definition) is 2. The van der Waals surface area contributed by atoms with E-state index in [9.17, 15) is 9.59 Å². The average molecular weight is 277 g/mol. The van der Waals surface area contributed by atoms with Crippen LogP contribution in [0.5, 0.6) is 0 Å². The number of benzene rings is 1. The van der Waals surface area contributed by atoms with E-state index >= 15 is 0 Å². The number of anilines is 1. The highest BCUT2D eigenvalue weighted by Crippen LogP contribution is 2.17. The summed E-state index contributed by atoms with van der Waals surface area (Å²) in [6, 6.07) is 5.33. The molecule has 0 unspecified atom stereocenters. The molecule has 0 aliphatic rings. The Morgan fingerprint density at radius 3 is 2.75 bits per heavy atom. The molecule has 2 N–H and O–H groups in total. The molecule has 0 spiro atoms. The van der Waals surface area contributed by atoms with E-state index in [4.69, 9.17) is 9.84 Å². The Balaban J connectivity index is 2.64. The minimum Gasteiger partial charge on any atom is -0.478 e. The Morgan fingerprint density at radius 1 is 1.40 bits per heavy atom. The molecule has 0 atom stereocenters. The number of nitrogens with one attached hydrogen (secondary N) is 1. The zero-order chi connectivity index (χ0) is 15.0. The van der Waals surface area contributed by atoms with E-state index in [1.165, 1.54) is 6.08 Å². The lowest BCUT2D eigenvalue weighted by Gasteiger charge is -2.09. The molecule has 5 nitrogen and oxygen atoms in total. The fraction of sp³-hybridized carbons (Fsp3) is 0.333. The lowest BCUT2D eigenvalue weighted by molar-refractivity contribution is -0.131. The Bertz CT molecular complexity index is 509. The number of carboxylic acids is 1. The highest BCUT2D eigenvalue weighted by molar-refractivity contribution is 5.92. The van der Waals surface area contributed by atoms with Gasteiger partial charge >= 0.3 is 5.97 Å². The van der Waals surface area contributed by atoms with E-state index in [0.717, 1.165) is 22.9 Å². The molecule has 1 rings (SSSR count). The van der Waals surface area contributed by atoms with Gasteiger partial charge in [0.05, 0.1) is 13.0 Å². The monoisotopic (exact) mass is 277 g/mol. The molecule has 0 saturated carbocycles. The van der Waals surface area contributed by atoms with Crippen molar-refractivity contribution < 1.29 is 19.4 Å². The van der Waals surface area contributed by atoms with Gasteiger partial charge in [0.25, 0.3) is 0 Å². The number of carbonyl (C=O) groups is 2. The van der Waals surface area contributed by atoms with Crippen LogP contribution in [0.1, 0.15) is 24.5 Å². The van der Waals surface area contributed by atoms with Gasteiger partial charge in [-0.2, -0.15) is 0 Å². The van der Waals surface area contributed by atoms with E-state index in [2.05, 4.69) is 5.32 Å². The molecule has 0 bridgehead atoms. The van der Waals surface area contributed by atoms with Gasteiger partial charge < -0.3 is 15.2 Å². The SMILES string of the molecule is CCOCCC(=O)Nc1ccc(C=CC(=O)O)cc1C. The molecule has 0 fully saturated rings. The predicted octanol–water partition coefficient (Wildman–Crippen LogP) is 2.46. The number of aliphatic carboxylic acids is 1. The average Bonchev–Trinajstić information content (AvgIpc) is 2.39. The summed E-state index contributed by atoms with van der Waals surface area (Å²) in [5.41, 5.74) is 2.37. The number of ether oxygens (including phenoxy) is 1. The predicted molar refractivity (Wildman–Crippen MR) is 77.6 cm³/mol. The first kappa shape index (κ1) is 15.9. The Hall–Kier alpha value is -2.14. The second-order valence-electron chi connectivity index (χ2n) is 4.24. The maximum atomic E-state index is 11.7. The molecule has 0 aliphatic carbocycles. The topological polar surface area (TPSA) is 75.6 Å². The van der Waals surface area contributed by atoms with E-state index in [1.807, 2.05) is 19.9 Å². The van der Waals surface area contributed by atoms with Gasteiger partial charge in [-0.1, -0.05) is 6.07 Å². The van der Waals surface area contributed by atoms with Crippen LogP contribution in [0.25, 0.3) is 6.08 Å². The molecule has 5 heteroatoms. The van der Waals surface area contributed by atoms with Gasteiger partial charge in [0, 0.05) is 18.4 Å². The summed E-state index contributed by atoms with van der Waals surface area (Å²) in [6.07, 6.45) is 2.90. The van der Waals surface area contributed by atoms with Gasteiger partial charge in [-0.15, -0.1) is 0 Å². The maximum absolute atomic E-state index is 11.7. The summed E-state index contributed by atoms with van der Waals surface area (Å²) in [4.78, 5) is 22.1. The number of amides is 1. The van der Waals surface area contributed by atoms with Crippen molar-refractivity contribution in [3.63, 3.8) is 0 Å². The van der Waals surface area contributed by atoms with Crippen molar-refractivity contribution in [1.82, 2.24) is 0 Å². The summed E-state index contributed by atoms with van der Waals surface area (Å²) in [6.45, 7) is 4.74. The van der Waals surface area contributed by atoms with Crippen LogP contribution in [0.4, 0.5) is 5.69 Å². The van der Waals surface area contributed by atoms with Crippen LogP contribution in [0, 0.1) is 6.92 Å². The van der Waals surface area contributed by atoms with Crippen molar-refractivity contribution in [1.29, 1.82) is 0 Å². The molecule has 1 aromatic rings. The minimum atomic E-state index is -0.990. The Kier molecular flexibility index (Phi) is 6.46. The smallest absolute Gasteiger partial charge is 0.328 e. The quantitative estimate of drug-likeness (QED) is 0.593. The number of carbonyl (C=O) groups excluding carboxylic acids is 1. The van der Waals surface area contributed by atoms with Gasteiger partial charge in [0.2, 0.25) is 5.91 Å². The summed E-state index contributed by atoms with van der Waals surface area (Å²) in [5, 5.41) is 11.4. The first-order valence-electron chi connectivity index (χ1n) is 6.42. The number of aryl methyl sites for hydroxylation is 1. The molecule has 108 valence electrons. The third-order valence-electron chi connectivity index (χ3n) is 2.62. The summed E-state index contributed by atoms with van der Waals surface area (Å²) in [7, 11) is 0. The summed E-state index contributed by atoms with van der Waals surface area (Å²) in [5.74, 6) is -1.09. The van der Waals surface area contributed by atoms with Crippen LogP contribution < -0.4 is 5.32 Å². The van der Waals surface area contributed by atoms with Crippen molar-refractivity contribution in [3.8, 4) is 0 Å².